The Morgan fingerprint density at radius 2 is 2.00 bits per heavy atom. The molecule has 0 fully saturated rings. The Balaban J connectivity index is 2.56. The van der Waals surface area contributed by atoms with E-state index in [1.165, 1.54) is 35.0 Å². The number of carboxylic acid groups (broad SMARTS) is 1. The first-order valence-corrected chi connectivity index (χ1v) is 6.62. The third kappa shape index (κ3) is 3.52. The van der Waals surface area contributed by atoms with Crippen molar-refractivity contribution in [3.63, 3.8) is 0 Å². The van der Waals surface area contributed by atoms with E-state index in [1.54, 1.807) is 20.8 Å². The van der Waals surface area contributed by atoms with E-state index < -0.39 is 23.5 Å². The number of carbonyl (C=O) groups is 2. The van der Waals surface area contributed by atoms with Crippen LogP contribution in [-0.2, 0) is 9.53 Å². The molecule has 0 atom stereocenters. The summed E-state index contributed by atoms with van der Waals surface area (Å²) < 4.78 is 19.9. The number of fused-ring (bicyclic) bond motifs is 1. The topological polar surface area (TPSA) is 68.5 Å². The summed E-state index contributed by atoms with van der Waals surface area (Å²) in [7, 11) is 0. The number of rotatable bonds is 2. The number of benzene rings is 1. The van der Waals surface area contributed by atoms with E-state index in [4.69, 9.17) is 9.84 Å². The third-order valence-electron chi connectivity index (χ3n) is 2.79. The van der Waals surface area contributed by atoms with Crippen molar-refractivity contribution in [2.24, 2.45) is 0 Å². The van der Waals surface area contributed by atoms with E-state index in [0.29, 0.717) is 16.5 Å². The minimum atomic E-state index is -1.11. The van der Waals surface area contributed by atoms with Gasteiger partial charge in [-0.1, -0.05) is 0 Å². The molecule has 5 nitrogen and oxygen atoms in total. The van der Waals surface area contributed by atoms with E-state index in [2.05, 4.69) is 0 Å². The maximum Gasteiger partial charge on any atom is 0.419 e. The Kier molecular flexibility index (Phi) is 4.03. The van der Waals surface area contributed by atoms with Crippen LogP contribution in [0.4, 0.5) is 9.18 Å². The number of aromatic nitrogens is 1. The summed E-state index contributed by atoms with van der Waals surface area (Å²) in [6.07, 6.45) is 3.08. The van der Waals surface area contributed by atoms with Gasteiger partial charge in [-0.25, -0.2) is 14.0 Å². The maximum atomic E-state index is 13.5. The highest BCUT2D eigenvalue weighted by atomic mass is 19.1. The van der Waals surface area contributed by atoms with Gasteiger partial charge in [0.15, 0.2) is 0 Å². The first-order chi connectivity index (χ1) is 10.2. The van der Waals surface area contributed by atoms with Crippen molar-refractivity contribution in [3.8, 4) is 0 Å². The summed E-state index contributed by atoms with van der Waals surface area (Å²) in [5, 5.41) is 9.27. The molecule has 1 N–H and O–H groups in total. The molecular formula is C16H16FNO4. The fourth-order valence-corrected chi connectivity index (χ4v) is 1.98. The summed E-state index contributed by atoms with van der Waals surface area (Å²) in [6, 6.07) is 3.95. The van der Waals surface area contributed by atoms with Gasteiger partial charge in [0.2, 0.25) is 0 Å². The molecule has 0 aliphatic carbocycles. The molecule has 0 spiro atoms. The van der Waals surface area contributed by atoms with Gasteiger partial charge < -0.3 is 9.84 Å². The van der Waals surface area contributed by atoms with E-state index >= 15 is 0 Å². The van der Waals surface area contributed by atoms with Crippen LogP contribution in [0.15, 0.2) is 30.5 Å². The van der Waals surface area contributed by atoms with Crippen molar-refractivity contribution >= 4 is 29.0 Å². The second kappa shape index (κ2) is 5.63. The summed E-state index contributed by atoms with van der Waals surface area (Å²) in [5.41, 5.74) is 0.112. The number of aliphatic carboxylic acids is 1. The molecule has 0 radical (unpaired) electrons. The summed E-state index contributed by atoms with van der Waals surface area (Å²) >= 11 is 0. The molecule has 2 aromatic rings. The van der Waals surface area contributed by atoms with Gasteiger partial charge >= 0.3 is 12.1 Å². The zero-order valence-electron chi connectivity index (χ0n) is 12.5. The van der Waals surface area contributed by atoms with Crippen LogP contribution in [0, 0.1) is 5.82 Å². The van der Waals surface area contributed by atoms with Crippen molar-refractivity contribution in [2.75, 3.05) is 0 Å². The second-order valence-corrected chi connectivity index (χ2v) is 5.77. The lowest BCUT2D eigenvalue weighted by atomic mass is 10.1. The fraction of sp³-hybridized carbons (Fsp3) is 0.250. The number of carboxylic acids is 1. The maximum absolute atomic E-state index is 13.5. The van der Waals surface area contributed by atoms with Crippen LogP contribution in [0.25, 0.3) is 17.0 Å². The van der Waals surface area contributed by atoms with Gasteiger partial charge in [0.1, 0.15) is 11.4 Å². The average Bonchev–Trinajstić information content (AvgIpc) is 2.72. The van der Waals surface area contributed by atoms with Gasteiger partial charge in [-0.2, -0.15) is 0 Å². The lowest BCUT2D eigenvalue weighted by Gasteiger charge is -2.19. The zero-order chi connectivity index (χ0) is 16.5. The largest absolute Gasteiger partial charge is 0.478 e. The monoisotopic (exact) mass is 305 g/mol. The summed E-state index contributed by atoms with van der Waals surface area (Å²) in [5.74, 6) is -1.61. The van der Waals surface area contributed by atoms with Crippen LogP contribution >= 0.6 is 0 Å². The SMILES string of the molecule is CC(C)(C)OC(=O)n1cc(/C=C/C(=O)O)c2ccc(F)cc21. The zero-order valence-corrected chi connectivity index (χ0v) is 12.5. The van der Waals surface area contributed by atoms with Crippen LogP contribution in [0.5, 0.6) is 0 Å². The van der Waals surface area contributed by atoms with Crippen molar-refractivity contribution in [1.82, 2.24) is 4.57 Å². The molecule has 116 valence electrons. The molecule has 0 unspecified atom stereocenters. The molecule has 0 bridgehead atoms. The van der Waals surface area contributed by atoms with Gasteiger partial charge in [0.05, 0.1) is 5.52 Å². The molecule has 1 aromatic heterocycles. The number of ether oxygens (including phenoxy) is 1. The van der Waals surface area contributed by atoms with Gasteiger partial charge in [-0.3, -0.25) is 4.57 Å². The predicted molar refractivity (Wildman–Crippen MR) is 80.2 cm³/mol. The van der Waals surface area contributed by atoms with E-state index in [9.17, 15) is 14.0 Å². The Hall–Kier alpha value is -2.63. The first kappa shape index (κ1) is 15.8. The summed E-state index contributed by atoms with van der Waals surface area (Å²) in [6.45, 7) is 5.17. The Labute approximate surface area is 126 Å². The fourth-order valence-electron chi connectivity index (χ4n) is 1.98. The molecular weight excluding hydrogens is 289 g/mol. The molecule has 2 rings (SSSR count). The van der Waals surface area contributed by atoms with Gasteiger partial charge in [-0.05, 0) is 45.0 Å². The number of halogens is 1. The van der Waals surface area contributed by atoms with Crippen LogP contribution < -0.4 is 0 Å². The average molecular weight is 305 g/mol. The van der Waals surface area contributed by atoms with E-state index in [0.717, 1.165) is 6.08 Å². The van der Waals surface area contributed by atoms with Gasteiger partial charge in [0, 0.05) is 23.2 Å². The molecule has 0 aliphatic rings. The molecule has 0 amide bonds. The van der Waals surface area contributed by atoms with Crippen molar-refractivity contribution < 1.29 is 23.8 Å². The molecule has 0 saturated heterocycles. The highest BCUT2D eigenvalue weighted by molar-refractivity contribution is 5.97. The van der Waals surface area contributed by atoms with E-state index in [1.807, 2.05) is 0 Å². The van der Waals surface area contributed by atoms with Gasteiger partial charge in [-0.15, -0.1) is 0 Å². The second-order valence-electron chi connectivity index (χ2n) is 5.77. The molecule has 0 aliphatic heterocycles. The van der Waals surface area contributed by atoms with Gasteiger partial charge in [0.25, 0.3) is 0 Å². The Bertz CT molecular complexity index is 768. The summed E-state index contributed by atoms with van der Waals surface area (Å²) in [4.78, 5) is 22.9. The van der Waals surface area contributed by atoms with Crippen LogP contribution in [0.2, 0.25) is 0 Å². The third-order valence-corrected chi connectivity index (χ3v) is 2.79. The van der Waals surface area contributed by atoms with Crippen molar-refractivity contribution in [3.05, 3.63) is 41.9 Å². The minimum Gasteiger partial charge on any atom is -0.478 e. The highest BCUT2D eigenvalue weighted by Gasteiger charge is 2.20. The lowest BCUT2D eigenvalue weighted by Crippen LogP contribution is -2.26. The minimum absolute atomic E-state index is 0.319. The van der Waals surface area contributed by atoms with Crippen molar-refractivity contribution in [2.45, 2.75) is 26.4 Å². The van der Waals surface area contributed by atoms with E-state index in [-0.39, 0.29) is 0 Å². The number of hydrogen-bond donors (Lipinski definition) is 1. The van der Waals surface area contributed by atoms with Crippen LogP contribution in [-0.4, -0.2) is 27.3 Å². The molecule has 22 heavy (non-hydrogen) atoms. The number of hydrogen-bond acceptors (Lipinski definition) is 3. The molecule has 6 heteroatoms. The predicted octanol–water partition coefficient (Wildman–Crippen LogP) is 3.66. The number of nitrogens with zero attached hydrogens (tertiary/aromatic N) is 1. The first-order valence-electron chi connectivity index (χ1n) is 6.62. The smallest absolute Gasteiger partial charge is 0.419 e. The molecule has 1 aromatic carbocycles. The lowest BCUT2D eigenvalue weighted by molar-refractivity contribution is -0.131. The standard InChI is InChI=1S/C16H16FNO4/c1-16(2,3)22-15(21)18-9-10(4-7-14(19)20)12-6-5-11(17)8-13(12)18/h4-9H,1-3H3,(H,19,20)/b7-4+. The number of carbonyl (C=O) groups excluding carboxylic acids is 1. The Morgan fingerprint density at radius 1 is 1.32 bits per heavy atom. The normalized spacial score (nSPS) is 12.0. The quantitative estimate of drug-likeness (QED) is 0.860. The van der Waals surface area contributed by atoms with Crippen molar-refractivity contribution in [1.29, 1.82) is 0 Å². The molecule has 1 heterocycles. The van der Waals surface area contributed by atoms with Crippen LogP contribution in [0.1, 0.15) is 26.3 Å². The van der Waals surface area contributed by atoms with Crippen LogP contribution in [0.3, 0.4) is 0 Å². The molecule has 0 saturated carbocycles. The highest BCUT2D eigenvalue weighted by Crippen LogP contribution is 2.25. The Morgan fingerprint density at radius 3 is 2.59 bits per heavy atom.